The van der Waals surface area contributed by atoms with Crippen molar-refractivity contribution in [2.75, 3.05) is 23.4 Å². The molecule has 0 unspecified atom stereocenters. The third kappa shape index (κ3) is 2.50. The van der Waals surface area contributed by atoms with E-state index in [0.29, 0.717) is 0 Å². The lowest BCUT2D eigenvalue weighted by Crippen LogP contribution is -2.00. The number of anilines is 4. The van der Waals surface area contributed by atoms with Gasteiger partial charge in [-0.25, -0.2) is 0 Å². The Labute approximate surface area is 102 Å². The minimum absolute atomic E-state index is 0.746. The first-order valence-corrected chi connectivity index (χ1v) is 5.60. The summed E-state index contributed by atoms with van der Waals surface area (Å²) in [6.45, 7) is 2.07. The summed E-state index contributed by atoms with van der Waals surface area (Å²) in [5.74, 6) is 0. The van der Waals surface area contributed by atoms with E-state index in [4.69, 9.17) is 5.73 Å². The summed E-state index contributed by atoms with van der Waals surface area (Å²) in [5, 5.41) is 6.50. The van der Waals surface area contributed by atoms with Crippen molar-refractivity contribution in [1.82, 2.24) is 0 Å². The van der Waals surface area contributed by atoms with Gasteiger partial charge in [0.25, 0.3) is 0 Å². The molecule has 0 atom stereocenters. The van der Waals surface area contributed by atoms with Crippen LogP contribution in [0.15, 0.2) is 42.5 Å². The molecule has 3 heteroatoms. The van der Waals surface area contributed by atoms with Crippen LogP contribution in [0, 0.1) is 6.92 Å². The van der Waals surface area contributed by atoms with Crippen LogP contribution < -0.4 is 16.4 Å². The Bertz CT molecular complexity index is 521. The second-order valence-corrected chi connectivity index (χ2v) is 4.01. The van der Waals surface area contributed by atoms with E-state index in [1.54, 1.807) is 0 Å². The minimum atomic E-state index is 0.746. The maximum Gasteiger partial charge on any atom is 0.0623 e. The van der Waals surface area contributed by atoms with Crippen molar-refractivity contribution in [3.05, 3.63) is 48.0 Å². The molecule has 17 heavy (non-hydrogen) atoms. The van der Waals surface area contributed by atoms with Crippen LogP contribution in [-0.2, 0) is 0 Å². The normalized spacial score (nSPS) is 10.0. The summed E-state index contributed by atoms with van der Waals surface area (Å²) >= 11 is 0. The predicted molar refractivity (Wildman–Crippen MR) is 74.9 cm³/mol. The van der Waals surface area contributed by atoms with Gasteiger partial charge in [0.15, 0.2) is 0 Å². The average Bonchev–Trinajstić information content (AvgIpc) is 2.32. The lowest BCUT2D eigenvalue weighted by Gasteiger charge is -2.14. The van der Waals surface area contributed by atoms with Crippen LogP contribution in [0.1, 0.15) is 5.56 Å². The molecule has 0 spiro atoms. The molecule has 2 aromatic rings. The van der Waals surface area contributed by atoms with Crippen LogP contribution in [0.4, 0.5) is 22.7 Å². The third-order valence-electron chi connectivity index (χ3n) is 2.67. The fourth-order valence-corrected chi connectivity index (χ4v) is 1.74. The Hall–Kier alpha value is -2.16. The number of nitrogens with one attached hydrogen (secondary N) is 2. The van der Waals surface area contributed by atoms with E-state index in [-0.39, 0.29) is 0 Å². The van der Waals surface area contributed by atoms with E-state index in [2.05, 4.69) is 35.8 Å². The van der Waals surface area contributed by atoms with E-state index >= 15 is 0 Å². The van der Waals surface area contributed by atoms with Crippen molar-refractivity contribution in [2.45, 2.75) is 6.92 Å². The van der Waals surface area contributed by atoms with Crippen LogP contribution in [-0.4, -0.2) is 7.05 Å². The maximum atomic E-state index is 5.92. The van der Waals surface area contributed by atoms with Crippen molar-refractivity contribution >= 4 is 22.7 Å². The highest BCUT2D eigenvalue weighted by atomic mass is 15.0. The molecule has 88 valence electrons. The van der Waals surface area contributed by atoms with Crippen molar-refractivity contribution in [1.29, 1.82) is 0 Å². The highest BCUT2D eigenvalue weighted by molar-refractivity contribution is 5.79. The summed E-state index contributed by atoms with van der Waals surface area (Å²) in [4.78, 5) is 0. The number of hydrogen-bond acceptors (Lipinski definition) is 3. The number of hydrogen-bond donors (Lipinski definition) is 3. The highest BCUT2D eigenvalue weighted by Crippen LogP contribution is 2.28. The fourth-order valence-electron chi connectivity index (χ4n) is 1.74. The van der Waals surface area contributed by atoms with Crippen LogP contribution in [0.25, 0.3) is 0 Å². The molecular weight excluding hydrogens is 210 g/mol. The molecule has 0 saturated heterocycles. The Morgan fingerprint density at radius 3 is 2.41 bits per heavy atom. The molecule has 0 fully saturated rings. The highest BCUT2D eigenvalue weighted by Gasteiger charge is 2.03. The third-order valence-corrected chi connectivity index (χ3v) is 2.67. The Balaban J connectivity index is 2.35. The van der Waals surface area contributed by atoms with Gasteiger partial charge in [-0.3, -0.25) is 0 Å². The van der Waals surface area contributed by atoms with Gasteiger partial charge in [0.1, 0.15) is 0 Å². The van der Waals surface area contributed by atoms with E-state index in [1.165, 1.54) is 5.56 Å². The molecule has 3 nitrogen and oxygen atoms in total. The molecule has 2 aromatic carbocycles. The van der Waals surface area contributed by atoms with E-state index < -0.39 is 0 Å². The number of aryl methyl sites for hydroxylation is 1. The smallest absolute Gasteiger partial charge is 0.0623 e. The summed E-state index contributed by atoms with van der Waals surface area (Å²) in [5.41, 5.74) is 10.9. The number of nitrogens with two attached hydrogens (primary N) is 1. The molecule has 0 aliphatic carbocycles. The topological polar surface area (TPSA) is 50.1 Å². The molecule has 0 aromatic heterocycles. The average molecular weight is 227 g/mol. The summed E-state index contributed by atoms with van der Waals surface area (Å²) in [6, 6.07) is 14.0. The van der Waals surface area contributed by atoms with Gasteiger partial charge in [-0.05, 0) is 36.8 Å². The molecule has 0 aliphatic heterocycles. The molecule has 0 radical (unpaired) electrons. The van der Waals surface area contributed by atoms with Gasteiger partial charge < -0.3 is 16.4 Å². The van der Waals surface area contributed by atoms with Crippen molar-refractivity contribution in [3.8, 4) is 0 Å². The Morgan fingerprint density at radius 2 is 1.71 bits per heavy atom. The van der Waals surface area contributed by atoms with Gasteiger partial charge in [-0.1, -0.05) is 18.2 Å². The largest absolute Gasteiger partial charge is 0.397 e. The van der Waals surface area contributed by atoms with Gasteiger partial charge in [-0.15, -0.1) is 0 Å². The molecule has 0 aliphatic rings. The maximum absolute atomic E-state index is 5.92. The number of nitrogen functional groups attached to an aromatic ring is 1. The van der Waals surface area contributed by atoms with E-state index in [1.807, 2.05) is 31.3 Å². The Morgan fingerprint density at radius 1 is 0.941 bits per heavy atom. The van der Waals surface area contributed by atoms with Gasteiger partial charge >= 0.3 is 0 Å². The van der Waals surface area contributed by atoms with Crippen molar-refractivity contribution in [3.63, 3.8) is 0 Å². The number of rotatable bonds is 3. The standard InChI is InChI=1S/C14H17N3/c1-10-7-8-13(16-2)14(9-10)17-12-6-4-3-5-11(12)15/h3-9,16-17H,15H2,1-2H3. The van der Waals surface area contributed by atoms with Gasteiger partial charge in [0.05, 0.1) is 22.7 Å². The van der Waals surface area contributed by atoms with E-state index in [9.17, 15) is 0 Å². The molecular formula is C14H17N3. The summed E-state index contributed by atoms with van der Waals surface area (Å²) in [7, 11) is 1.91. The quantitative estimate of drug-likeness (QED) is 0.705. The zero-order valence-corrected chi connectivity index (χ0v) is 10.1. The van der Waals surface area contributed by atoms with Crippen LogP contribution >= 0.6 is 0 Å². The predicted octanol–water partition coefficient (Wildman–Crippen LogP) is 3.36. The molecule has 0 bridgehead atoms. The van der Waals surface area contributed by atoms with Crippen LogP contribution in [0.2, 0.25) is 0 Å². The lowest BCUT2D eigenvalue weighted by atomic mass is 10.1. The molecule has 0 amide bonds. The van der Waals surface area contributed by atoms with Crippen molar-refractivity contribution < 1.29 is 0 Å². The summed E-state index contributed by atoms with van der Waals surface area (Å²) < 4.78 is 0. The molecule has 0 heterocycles. The second kappa shape index (κ2) is 4.78. The fraction of sp³-hybridized carbons (Fsp3) is 0.143. The minimum Gasteiger partial charge on any atom is -0.397 e. The van der Waals surface area contributed by atoms with Crippen LogP contribution in [0.3, 0.4) is 0 Å². The first kappa shape index (κ1) is 11.3. The lowest BCUT2D eigenvalue weighted by molar-refractivity contribution is 1.42. The first-order valence-electron chi connectivity index (χ1n) is 5.60. The number of benzene rings is 2. The Kier molecular flexibility index (Phi) is 3.19. The van der Waals surface area contributed by atoms with Gasteiger partial charge in [0, 0.05) is 7.05 Å². The zero-order valence-electron chi connectivity index (χ0n) is 10.1. The first-order chi connectivity index (χ1) is 8.20. The van der Waals surface area contributed by atoms with Crippen LogP contribution in [0.5, 0.6) is 0 Å². The molecule has 2 rings (SSSR count). The SMILES string of the molecule is CNc1ccc(C)cc1Nc1ccccc1N. The monoisotopic (exact) mass is 227 g/mol. The zero-order chi connectivity index (χ0) is 12.3. The number of para-hydroxylation sites is 2. The molecule has 4 N–H and O–H groups in total. The summed E-state index contributed by atoms with van der Waals surface area (Å²) in [6.07, 6.45) is 0. The second-order valence-electron chi connectivity index (χ2n) is 4.01. The van der Waals surface area contributed by atoms with Crippen molar-refractivity contribution in [2.24, 2.45) is 0 Å². The molecule has 0 saturated carbocycles. The van der Waals surface area contributed by atoms with Gasteiger partial charge in [0.2, 0.25) is 0 Å². The van der Waals surface area contributed by atoms with E-state index in [0.717, 1.165) is 22.7 Å². The van der Waals surface area contributed by atoms with Gasteiger partial charge in [-0.2, -0.15) is 0 Å².